The summed E-state index contributed by atoms with van der Waals surface area (Å²) in [7, 11) is 0. The second-order valence-corrected chi connectivity index (χ2v) is 11.1. The molecule has 0 aromatic heterocycles. The number of unbranched alkanes of at least 4 members (excludes halogenated alkanes) is 8. The fourth-order valence-corrected chi connectivity index (χ4v) is 5.18. The predicted molar refractivity (Wildman–Crippen MR) is 166 cm³/mol. The molecule has 224 valence electrons. The standard InChI is InChI=1S/C34H60N2O3/c1-4-7-8-15-23-31(39-29-28-37)24-16-13-11-9-10-12-14-17-26-33(38)36-27-20-22-30-21-18-19-25-32(30)34(35,5-2)6-3/h13,16,18-19,21,25,31,37H,4-12,14-15,17,20,22-24,26-29,35H2,1-3H3,(H,36,38)/b16-13-. The number of allylic oxidation sites excluding steroid dienone is 1. The van der Waals surface area contributed by atoms with E-state index < -0.39 is 0 Å². The van der Waals surface area contributed by atoms with Crippen molar-refractivity contribution in [2.24, 2.45) is 5.73 Å². The Morgan fingerprint density at radius 1 is 0.974 bits per heavy atom. The van der Waals surface area contributed by atoms with Crippen LogP contribution in [0.1, 0.15) is 135 Å². The molecule has 0 saturated heterocycles. The maximum Gasteiger partial charge on any atom is 0.219 e. The number of carbonyl (C=O) groups is 1. The zero-order valence-corrected chi connectivity index (χ0v) is 25.5. The van der Waals surface area contributed by atoms with E-state index in [1.54, 1.807) is 0 Å². The number of nitrogens with two attached hydrogens (primary N) is 1. The minimum absolute atomic E-state index is 0.0971. The van der Waals surface area contributed by atoms with Gasteiger partial charge in [-0.25, -0.2) is 0 Å². The average molecular weight is 545 g/mol. The number of nitrogens with one attached hydrogen (secondary N) is 1. The number of hydrogen-bond donors (Lipinski definition) is 3. The molecule has 0 aliphatic rings. The lowest BCUT2D eigenvalue weighted by Gasteiger charge is -2.29. The molecule has 0 bridgehead atoms. The van der Waals surface area contributed by atoms with Crippen molar-refractivity contribution in [3.05, 3.63) is 47.5 Å². The number of aryl methyl sites for hydroxylation is 1. The highest BCUT2D eigenvalue weighted by Crippen LogP contribution is 2.29. The van der Waals surface area contributed by atoms with Crippen LogP contribution in [0, 0.1) is 0 Å². The highest BCUT2D eigenvalue weighted by Gasteiger charge is 2.25. The van der Waals surface area contributed by atoms with E-state index >= 15 is 0 Å². The lowest BCUT2D eigenvalue weighted by Crippen LogP contribution is -2.36. The minimum atomic E-state index is -0.262. The van der Waals surface area contributed by atoms with Gasteiger partial charge in [0.15, 0.2) is 0 Å². The summed E-state index contributed by atoms with van der Waals surface area (Å²) in [5.41, 5.74) is 8.96. The van der Waals surface area contributed by atoms with Crippen molar-refractivity contribution in [3.8, 4) is 0 Å². The molecular weight excluding hydrogens is 484 g/mol. The van der Waals surface area contributed by atoms with Gasteiger partial charge in [-0.05, 0) is 68.9 Å². The smallest absolute Gasteiger partial charge is 0.219 e. The molecular formula is C34H60N2O3. The first-order valence-electron chi connectivity index (χ1n) is 16.0. The molecule has 1 amide bonds. The zero-order chi connectivity index (χ0) is 28.6. The lowest BCUT2D eigenvalue weighted by atomic mass is 9.82. The van der Waals surface area contributed by atoms with E-state index in [1.807, 2.05) is 0 Å². The first-order valence-corrected chi connectivity index (χ1v) is 16.0. The lowest BCUT2D eigenvalue weighted by molar-refractivity contribution is -0.121. The number of benzene rings is 1. The third kappa shape index (κ3) is 16.2. The summed E-state index contributed by atoms with van der Waals surface area (Å²) in [6, 6.07) is 8.51. The summed E-state index contributed by atoms with van der Waals surface area (Å²) in [5.74, 6) is 0.175. The van der Waals surface area contributed by atoms with Crippen LogP contribution >= 0.6 is 0 Å². The molecule has 39 heavy (non-hydrogen) atoms. The fourth-order valence-electron chi connectivity index (χ4n) is 5.18. The van der Waals surface area contributed by atoms with Crippen molar-refractivity contribution in [2.75, 3.05) is 19.8 Å². The molecule has 1 unspecified atom stereocenters. The molecule has 0 saturated carbocycles. The third-order valence-corrected chi connectivity index (χ3v) is 7.93. The first-order chi connectivity index (χ1) is 19.0. The van der Waals surface area contributed by atoms with Gasteiger partial charge in [-0.2, -0.15) is 0 Å². The van der Waals surface area contributed by atoms with Crippen molar-refractivity contribution in [3.63, 3.8) is 0 Å². The molecule has 1 aromatic rings. The van der Waals surface area contributed by atoms with Crippen LogP contribution in [0.15, 0.2) is 36.4 Å². The van der Waals surface area contributed by atoms with Gasteiger partial charge in [0.1, 0.15) is 0 Å². The van der Waals surface area contributed by atoms with Gasteiger partial charge in [0, 0.05) is 18.5 Å². The number of ether oxygens (including phenoxy) is 1. The molecule has 4 N–H and O–H groups in total. The van der Waals surface area contributed by atoms with Crippen LogP contribution in [0.25, 0.3) is 0 Å². The van der Waals surface area contributed by atoms with Crippen LogP contribution in [0.5, 0.6) is 0 Å². The number of rotatable bonds is 25. The summed E-state index contributed by atoms with van der Waals surface area (Å²) in [5, 5.41) is 12.2. The van der Waals surface area contributed by atoms with Crippen molar-refractivity contribution in [1.82, 2.24) is 5.32 Å². The maximum atomic E-state index is 12.2. The molecule has 1 rings (SSSR count). The first kappa shape index (κ1) is 35.3. The summed E-state index contributed by atoms with van der Waals surface area (Å²) in [6.45, 7) is 7.80. The molecule has 1 atom stereocenters. The Hall–Kier alpha value is -1.69. The van der Waals surface area contributed by atoms with Gasteiger partial charge in [-0.3, -0.25) is 4.79 Å². The van der Waals surface area contributed by atoms with Gasteiger partial charge in [0.2, 0.25) is 5.91 Å². The summed E-state index contributed by atoms with van der Waals surface area (Å²) in [6.07, 6.45) is 23.0. The SMILES string of the molecule is CCCCCCC(C/C=C\CCCCCCCC(=O)NCCCc1ccccc1C(N)(CC)CC)OCCO. The Labute approximate surface area is 240 Å². The van der Waals surface area contributed by atoms with Crippen LogP contribution in [0.4, 0.5) is 0 Å². The molecule has 0 fully saturated rings. The molecule has 0 aliphatic carbocycles. The zero-order valence-electron chi connectivity index (χ0n) is 25.5. The third-order valence-electron chi connectivity index (χ3n) is 7.93. The molecule has 0 heterocycles. The average Bonchev–Trinajstić information content (AvgIpc) is 2.96. The van der Waals surface area contributed by atoms with E-state index in [4.69, 9.17) is 15.6 Å². The molecule has 1 aromatic carbocycles. The van der Waals surface area contributed by atoms with E-state index in [0.717, 1.165) is 64.3 Å². The van der Waals surface area contributed by atoms with Gasteiger partial charge < -0.3 is 20.9 Å². The topological polar surface area (TPSA) is 84.6 Å². The Bertz CT molecular complexity index is 761. The molecule has 5 heteroatoms. The van der Waals surface area contributed by atoms with Gasteiger partial charge in [-0.15, -0.1) is 0 Å². The van der Waals surface area contributed by atoms with Crippen LogP contribution in [-0.2, 0) is 21.5 Å². The van der Waals surface area contributed by atoms with E-state index in [2.05, 4.69) is 62.5 Å². The van der Waals surface area contributed by atoms with Crippen LogP contribution in [-0.4, -0.2) is 36.9 Å². The van der Waals surface area contributed by atoms with Crippen molar-refractivity contribution < 1.29 is 14.6 Å². The predicted octanol–water partition coefficient (Wildman–Crippen LogP) is 7.73. The minimum Gasteiger partial charge on any atom is -0.394 e. The van der Waals surface area contributed by atoms with Gasteiger partial charge in [0.25, 0.3) is 0 Å². The summed E-state index contributed by atoms with van der Waals surface area (Å²) in [4.78, 5) is 12.2. The monoisotopic (exact) mass is 544 g/mol. The van der Waals surface area contributed by atoms with E-state index in [0.29, 0.717) is 13.0 Å². The van der Waals surface area contributed by atoms with Gasteiger partial charge in [-0.1, -0.05) is 102 Å². The molecule has 0 aliphatic heterocycles. The quantitative estimate of drug-likeness (QED) is 0.0868. The van der Waals surface area contributed by atoms with Crippen LogP contribution in [0.3, 0.4) is 0 Å². The van der Waals surface area contributed by atoms with Gasteiger partial charge >= 0.3 is 0 Å². The van der Waals surface area contributed by atoms with Gasteiger partial charge in [0.05, 0.1) is 19.3 Å². The van der Waals surface area contributed by atoms with Crippen LogP contribution in [0.2, 0.25) is 0 Å². The van der Waals surface area contributed by atoms with Crippen LogP contribution < -0.4 is 11.1 Å². The Kier molecular flexibility index (Phi) is 20.9. The largest absolute Gasteiger partial charge is 0.394 e. The number of carbonyl (C=O) groups excluding carboxylic acids is 1. The summed E-state index contributed by atoms with van der Waals surface area (Å²) < 4.78 is 5.80. The van der Waals surface area contributed by atoms with E-state index in [-0.39, 0.29) is 24.2 Å². The Morgan fingerprint density at radius 3 is 2.44 bits per heavy atom. The van der Waals surface area contributed by atoms with E-state index in [9.17, 15) is 4.79 Å². The second-order valence-electron chi connectivity index (χ2n) is 11.1. The van der Waals surface area contributed by atoms with Crippen molar-refractivity contribution >= 4 is 5.91 Å². The number of amides is 1. The Morgan fingerprint density at radius 2 is 1.69 bits per heavy atom. The fraction of sp³-hybridized carbons (Fsp3) is 0.735. The summed E-state index contributed by atoms with van der Waals surface area (Å²) >= 11 is 0. The number of hydrogen-bond acceptors (Lipinski definition) is 4. The molecule has 0 radical (unpaired) electrons. The van der Waals surface area contributed by atoms with E-state index in [1.165, 1.54) is 56.1 Å². The Balaban J connectivity index is 2.10. The number of aliphatic hydroxyl groups is 1. The normalized spacial score (nSPS) is 12.7. The number of aliphatic hydroxyl groups excluding tert-OH is 1. The maximum absolute atomic E-state index is 12.2. The van der Waals surface area contributed by atoms with Crippen molar-refractivity contribution in [2.45, 2.75) is 142 Å². The molecule has 5 nitrogen and oxygen atoms in total. The highest BCUT2D eigenvalue weighted by atomic mass is 16.5. The van der Waals surface area contributed by atoms with Crippen molar-refractivity contribution in [1.29, 1.82) is 0 Å². The molecule has 0 spiro atoms. The second kappa shape index (κ2) is 23.1. The highest BCUT2D eigenvalue weighted by molar-refractivity contribution is 5.75.